The summed E-state index contributed by atoms with van der Waals surface area (Å²) in [5.41, 5.74) is 0. The average Bonchev–Trinajstić information content (AvgIpc) is 2.33. The van der Waals surface area contributed by atoms with Gasteiger partial charge >= 0.3 is 5.03 Å². The molecule has 1 aliphatic heterocycles. The molecule has 0 amide bonds. The van der Waals surface area contributed by atoms with E-state index in [1.165, 1.54) is 6.08 Å². The van der Waals surface area contributed by atoms with E-state index in [2.05, 4.69) is 0 Å². The van der Waals surface area contributed by atoms with Crippen molar-refractivity contribution in [1.29, 1.82) is 0 Å². The summed E-state index contributed by atoms with van der Waals surface area (Å²) in [7, 11) is -2.31. The van der Waals surface area contributed by atoms with Crippen LogP contribution in [0.2, 0.25) is 0 Å². The van der Waals surface area contributed by atoms with Crippen LogP contribution in [0.4, 0.5) is 0 Å². The van der Waals surface area contributed by atoms with Crippen molar-refractivity contribution in [2.24, 2.45) is 0 Å². The van der Waals surface area contributed by atoms with Crippen LogP contribution in [0.25, 0.3) is 0 Å². The fourth-order valence-electron chi connectivity index (χ4n) is 0.584. The van der Waals surface area contributed by atoms with Gasteiger partial charge in [0.1, 0.15) is 4.20 Å². The summed E-state index contributed by atoms with van der Waals surface area (Å²) in [5.74, 6) is 0. The number of nitro groups is 1. The lowest BCUT2D eigenvalue weighted by Crippen LogP contribution is -1.92. The molecule has 1 heterocycles. The fourth-order valence-corrected chi connectivity index (χ4v) is 1.97. The molecule has 0 aromatic rings. The van der Waals surface area contributed by atoms with Crippen LogP contribution >= 0.6 is 11.8 Å². The third-order valence-corrected chi connectivity index (χ3v) is 3.14. The Hall–Kier alpha value is -0.820. The Morgan fingerprint density at radius 3 is 2.55 bits per heavy atom. The summed E-state index contributed by atoms with van der Waals surface area (Å²) >= 11 is 0.693. The maximum absolute atomic E-state index is 10.3. The van der Waals surface area contributed by atoms with E-state index in [1.54, 1.807) is 0 Å². The molecule has 5 nitrogen and oxygen atoms in total. The zero-order valence-electron chi connectivity index (χ0n) is 5.18. The van der Waals surface area contributed by atoms with Crippen LogP contribution in [-0.4, -0.2) is 17.5 Å². The standard InChI is InChI=1S/C4H3NO4S2/c6-5(7)3-1-2-4(10-3)11(8)9/h1H,2H2. The van der Waals surface area contributed by atoms with Crippen molar-refractivity contribution in [3.8, 4) is 0 Å². The Balaban J connectivity index is 2.88. The molecule has 7 heteroatoms. The van der Waals surface area contributed by atoms with Crippen LogP contribution in [0.3, 0.4) is 0 Å². The molecule has 0 aliphatic carbocycles. The van der Waals surface area contributed by atoms with Crippen LogP contribution in [0.15, 0.2) is 11.1 Å². The highest BCUT2D eigenvalue weighted by Gasteiger charge is 2.22. The second-order valence-electron chi connectivity index (χ2n) is 1.71. The minimum atomic E-state index is -2.31. The Kier molecular flexibility index (Phi) is 2.30. The Morgan fingerprint density at radius 2 is 2.27 bits per heavy atom. The van der Waals surface area contributed by atoms with Crippen molar-refractivity contribution in [3.05, 3.63) is 21.2 Å². The predicted octanol–water partition coefficient (Wildman–Crippen LogP) is 0.250. The minimum absolute atomic E-state index is 0.107. The van der Waals surface area contributed by atoms with Crippen LogP contribution < -0.4 is 0 Å². The summed E-state index contributed by atoms with van der Waals surface area (Å²) < 4.78 is 20.6. The molecule has 0 radical (unpaired) electrons. The molecule has 1 aliphatic rings. The van der Waals surface area contributed by atoms with E-state index in [9.17, 15) is 18.5 Å². The highest BCUT2D eigenvalue weighted by Crippen LogP contribution is 2.26. The molecule has 0 N–H and O–H groups in total. The lowest BCUT2D eigenvalue weighted by molar-refractivity contribution is -0.410. The Labute approximate surface area is 67.8 Å². The number of rotatable bonds is 1. The second kappa shape index (κ2) is 3.05. The van der Waals surface area contributed by atoms with Crippen molar-refractivity contribution >= 4 is 26.3 Å². The van der Waals surface area contributed by atoms with Gasteiger partial charge in [0.15, 0.2) is 0 Å². The number of allylic oxidation sites excluding steroid dienone is 1. The van der Waals surface area contributed by atoms with E-state index in [-0.39, 0.29) is 15.6 Å². The largest absolute Gasteiger partial charge is 0.305 e. The van der Waals surface area contributed by atoms with E-state index in [1.807, 2.05) is 0 Å². The van der Waals surface area contributed by atoms with Gasteiger partial charge in [-0.15, -0.1) is 0 Å². The van der Waals surface area contributed by atoms with Gasteiger partial charge in [0.05, 0.1) is 4.92 Å². The molecule has 0 bridgehead atoms. The second-order valence-corrected chi connectivity index (χ2v) is 4.05. The molecule has 0 atom stereocenters. The van der Waals surface area contributed by atoms with Crippen LogP contribution in [-0.2, 0) is 10.3 Å². The summed E-state index contributed by atoms with van der Waals surface area (Å²) in [6, 6.07) is 0. The monoisotopic (exact) mass is 193 g/mol. The van der Waals surface area contributed by atoms with Crippen molar-refractivity contribution in [3.63, 3.8) is 0 Å². The first-order valence-electron chi connectivity index (χ1n) is 2.58. The molecule has 0 spiro atoms. The molecule has 0 fully saturated rings. The molecule has 0 saturated carbocycles. The number of thioether (sulfide) groups is 1. The number of hydrogen-bond acceptors (Lipinski definition) is 5. The maximum atomic E-state index is 10.3. The molecular formula is C4H3NO4S2. The Morgan fingerprint density at radius 1 is 1.64 bits per heavy atom. The van der Waals surface area contributed by atoms with Crippen LogP contribution in [0, 0.1) is 10.1 Å². The highest BCUT2D eigenvalue weighted by molar-refractivity contribution is 8.24. The van der Waals surface area contributed by atoms with Gasteiger partial charge in [-0.05, 0) is 11.8 Å². The van der Waals surface area contributed by atoms with Crippen molar-refractivity contribution in [1.82, 2.24) is 0 Å². The molecule has 60 valence electrons. The van der Waals surface area contributed by atoms with E-state index in [0.29, 0.717) is 11.8 Å². The van der Waals surface area contributed by atoms with Crippen molar-refractivity contribution in [2.75, 3.05) is 0 Å². The molecule has 0 saturated heterocycles. The smallest absolute Gasteiger partial charge is 0.258 e. The zero-order chi connectivity index (χ0) is 8.43. The molecule has 0 aromatic carbocycles. The zero-order valence-corrected chi connectivity index (χ0v) is 6.81. The van der Waals surface area contributed by atoms with E-state index < -0.39 is 15.2 Å². The van der Waals surface area contributed by atoms with E-state index in [4.69, 9.17) is 0 Å². The molecular weight excluding hydrogens is 190 g/mol. The average molecular weight is 193 g/mol. The van der Waals surface area contributed by atoms with E-state index in [0.717, 1.165) is 0 Å². The summed E-state index contributed by atoms with van der Waals surface area (Å²) in [5, 5.41) is 9.96. The molecule has 0 aromatic heterocycles. The quantitative estimate of drug-likeness (QED) is 0.339. The summed E-state index contributed by atoms with van der Waals surface area (Å²) in [4.78, 5) is 9.48. The lowest BCUT2D eigenvalue weighted by Gasteiger charge is -1.84. The Bertz CT molecular complexity index is 344. The first-order chi connectivity index (χ1) is 5.11. The number of nitrogens with zero attached hydrogens (tertiary/aromatic N) is 1. The van der Waals surface area contributed by atoms with Crippen LogP contribution in [0.5, 0.6) is 0 Å². The first-order valence-corrected chi connectivity index (χ1v) is 4.48. The normalized spacial score (nSPS) is 16.4. The topological polar surface area (TPSA) is 77.3 Å². The first kappa shape index (κ1) is 8.28. The SMILES string of the molecule is O=[N+]([O-])C1=CCC(=S(=O)=O)S1. The number of hydrogen-bond donors (Lipinski definition) is 0. The third-order valence-electron chi connectivity index (χ3n) is 1.03. The van der Waals surface area contributed by atoms with Gasteiger partial charge in [-0.1, -0.05) is 0 Å². The van der Waals surface area contributed by atoms with Gasteiger partial charge < -0.3 is 0 Å². The molecule has 1 rings (SSSR count). The van der Waals surface area contributed by atoms with Crippen molar-refractivity contribution < 1.29 is 13.3 Å². The summed E-state index contributed by atoms with van der Waals surface area (Å²) in [6.07, 6.45) is 1.44. The van der Waals surface area contributed by atoms with Gasteiger partial charge in [0, 0.05) is 12.5 Å². The molecule has 0 unspecified atom stereocenters. The molecule has 11 heavy (non-hydrogen) atoms. The van der Waals surface area contributed by atoms with Gasteiger partial charge in [-0.3, -0.25) is 10.1 Å². The fraction of sp³-hybridized carbons (Fsp3) is 0.250. The predicted molar refractivity (Wildman–Crippen MR) is 41.2 cm³/mol. The minimum Gasteiger partial charge on any atom is -0.258 e. The van der Waals surface area contributed by atoms with Gasteiger partial charge in [0.25, 0.3) is 0 Å². The van der Waals surface area contributed by atoms with Gasteiger partial charge in [-0.25, -0.2) is 0 Å². The maximum Gasteiger partial charge on any atom is 0.305 e. The van der Waals surface area contributed by atoms with Crippen molar-refractivity contribution in [2.45, 2.75) is 6.42 Å². The highest BCUT2D eigenvalue weighted by atomic mass is 32.2. The summed E-state index contributed by atoms with van der Waals surface area (Å²) in [6.45, 7) is 0. The van der Waals surface area contributed by atoms with Gasteiger partial charge in [-0.2, -0.15) is 8.42 Å². The van der Waals surface area contributed by atoms with E-state index >= 15 is 0 Å². The van der Waals surface area contributed by atoms with Gasteiger partial charge in [0.2, 0.25) is 10.3 Å². The van der Waals surface area contributed by atoms with Crippen LogP contribution in [0.1, 0.15) is 6.42 Å². The third kappa shape index (κ3) is 1.81. The lowest BCUT2D eigenvalue weighted by atomic mass is 10.5.